The van der Waals surface area contributed by atoms with E-state index in [1.54, 1.807) is 42.8 Å². The molecule has 0 saturated heterocycles. The van der Waals surface area contributed by atoms with Crippen molar-refractivity contribution in [3.63, 3.8) is 0 Å². The van der Waals surface area contributed by atoms with Crippen molar-refractivity contribution in [3.8, 4) is 0 Å². The van der Waals surface area contributed by atoms with Crippen LogP contribution < -0.4 is 11.5 Å². The Hall–Kier alpha value is -2.89. The summed E-state index contributed by atoms with van der Waals surface area (Å²) >= 11 is 7.45. The zero-order chi connectivity index (χ0) is 20.1. The van der Waals surface area contributed by atoms with Crippen LogP contribution in [0.25, 0.3) is 15.9 Å². The van der Waals surface area contributed by atoms with Gasteiger partial charge in [0.25, 0.3) is 10.0 Å². The molecular formula is C16H14ClN7O2S2. The number of aromatic nitrogens is 3. The molecule has 1 aromatic carbocycles. The molecule has 3 aromatic heterocycles. The number of rotatable bonds is 4. The number of thiazole rings is 1. The molecule has 0 saturated carbocycles. The number of fused-ring (bicyclic) bond motifs is 2. The van der Waals surface area contributed by atoms with Gasteiger partial charge in [-0.3, -0.25) is 4.40 Å². The molecule has 0 fully saturated rings. The Morgan fingerprint density at radius 3 is 2.75 bits per heavy atom. The van der Waals surface area contributed by atoms with Gasteiger partial charge in [-0.2, -0.15) is 13.5 Å². The fourth-order valence-corrected chi connectivity index (χ4v) is 5.67. The summed E-state index contributed by atoms with van der Waals surface area (Å²) in [7, 11) is -4.04. The van der Waals surface area contributed by atoms with E-state index in [1.165, 1.54) is 25.9 Å². The molecular weight excluding hydrogens is 422 g/mol. The molecule has 0 aliphatic heterocycles. The molecule has 4 N–H and O–H groups in total. The highest BCUT2D eigenvalue weighted by atomic mass is 35.5. The van der Waals surface area contributed by atoms with Crippen LogP contribution in [-0.2, 0) is 10.0 Å². The summed E-state index contributed by atoms with van der Waals surface area (Å²) in [6, 6.07) is 7.05. The van der Waals surface area contributed by atoms with Gasteiger partial charge < -0.3 is 11.5 Å². The predicted molar refractivity (Wildman–Crippen MR) is 111 cm³/mol. The summed E-state index contributed by atoms with van der Waals surface area (Å²) in [5.74, 6) is -0.193. The first kappa shape index (κ1) is 18.5. The van der Waals surface area contributed by atoms with E-state index in [2.05, 4.69) is 15.2 Å². The van der Waals surface area contributed by atoms with E-state index in [4.69, 9.17) is 23.1 Å². The van der Waals surface area contributed by atoms with Gasteiger partial charge >= 0.3 is 0 Å². The molecule has 3 heterocycles. The summed E-state index contributed by atoms with van der Waals surface area (Å²) in [4.78, 5) is 4.61. The van der Waals surface area contributed by atoms with E-state index in [1.807, 2.05) is 0 Å². The Bertz CT molecular complexity index is 1370. The predicted octanol–water partition coefficient (Wildman–Crippen LogP) is 2.24. The molecule has 9 nitrogen and oxygen atoms in total. The maximum atomic E-state index is 13.5. The summed E-state index contributed by atoms with van der Waals surface area (Å²) < 4.78 is 29.5. The van der Waals surface area contributed by atoms with Crippen LogP contribution in [0.2, 0.25) is 5.15 Å². The molecule has 0 aliphatic rings. The molecule has 4 rings (SSSR count). The normalized spacial score (nSPS) is 12.7. The minimum Gasteiger partial charge on any atom is -0.369 e. The van der Waals surface area contributed by atoms with E-state index in [0.717, 1.165) is 0 Å². The molecule has 144 valence electrons. The van der Waals surface area contributed by atoms with Gasteiger partial charge in [0.2, 0.25) is 11.0 Å². The molecule has 0 radical (unpaired) electrons. The van der Waals surface area contributed by atoms with Gasteiger partial charge in [-0.05, 0) is 13.0 Å². The fourth-order valence-electron chi connectivity index (χ4n) is 2.89. The number of hydrogen-bond donors (Lipinski definition) is 2. The van der Waals surface area contributed by atoms with Crippen molar-refractivity contribution in [1.82, 2.24) is 13.4 Å². The number of nitrogens with zero attached hydrogens (tertiary/aromatic N) is 5. The van der Waals surface area contributed by atoms with Crippen molar-refractivity contribution in [2.45, 2.75) is 11.9 Å². The van der Waals surface area contributed by atoms with E-state index in [0.29, 0.717) is 27.1 Å². The third-order valence-corrected chi connectivity index (χ3v) is 6.90. The summed E-state index contributed by atoms with van der Waals surface area (Å²) in [6.45, 7) is 1.69. The second kappa shape index (κ2) is 6.62. The van der Waals surface area contributed by atoms with Gasteiger partial charge in [-0.1, -0.05) is 29.8 Å². The second-order valence-electron chi connectivity index (χ2n) is 5.83. The third-order valence-electron chi connectivity index (χ3n) is 4.07. The number of nitrogens with two attached hydrogens (primary N) is 2. The largest absolute Gasteiger partial charge is 0.369 e. The SMILES string of the molecule is C/C(=N/N=C(N)N)c1cn(S(=O)(=O)c2c(Cl)nc3sccn23)c2ccccc12. The molecule has 0 unspecified atom stereocenters. The summed E-state index contributed by atoms with van der Waals surface area (Å²) in [5.41, 5.74) is 12.2. The van der Waals surface area contributed by atoms with Gasteiger partial charge in [0, 0.05) is 28.7 Å². The van der Waals surface area contributed by atoms with Crippen molar-refractivity contribution in [2.24, 2.45) is 21.7 Å². The molecule has 0 bridgehead atoms. The lowest BCUT2D eigenvalue weighted by Gasteiger charge is -2.06. The number of imidazole rings is 1. The van der Waals surface area contributed by atoms with Crippen molar-refractivity contribution in [2.75, 3.05) is 0 Å². The Balaban J connectivity index is 2.00. The smallest absolute Gasteiger partial charge is 0.287 e. The lowest BCUT2D eigenvalue weighted by atomic mass is 10.1. The molecule has 12 heteroatoms. The highest BCUT2D eigenvalue weighted by Gasteiger charge is 2.29. The monoisotopic (exact) mass is 435 g/mol. The quantitative estimate of drug-likeness (QED) is 0.288. The van der Waals surface area contributed by atoms with Crippen molar-refractivity contribution >= 4 is 60.5 Å². The molecule has 0 atom stereocenters. The third kappa shape index (κ3) is 2.84. The number of guanidine groups is 1. The van der Waals surface area contributed by atoms with Crippen LogP contribution in [0, 0.1) is 0 Å². The number of para-hydroxylation sites is 1. The van der Waals surface area contributed by atoms with Crippen molar-refractivity contribution in [3.05, 3.63) is 52.8 Å². The number of halogens is 1. The summed E-state index contributed by atoms with van der Waals surface area (Å²) in [6.07, 6.45) is 3.09. The highest BCUT2D eigenvalue weighted by Crippen LogP contribution is 2.31. The average molecular weight is 436 g/mol. The zero-order valence-electron chi connectivity index (χ0n) is 14.4. The average Bonchev–Trinajstić information content (AvgIpc) is 3.31. The minimum atomic E-state index is -4.04. The molecule has 28 heavy (non-hydrogen) atoms. The van der Waals surface area contributed by atoms with Gasteiger partial charge in [-0.25, -0.2) is 8.96 Å². The van der Waals surface area contributed by atoms with Gasteiger partial charge in [0.1, 0.15) is 0 Å². The topological polar surface area (TPSA) is 133 Å². The van der Waals surface area contributed by atoms with Crippen LogP contribution in [0.3, 0.4) is 0 Å². The molecule has 0 spiro atoms. The van der Waals surface area contributed by atoms with Crippen LogP contribution in [0.15, 0.2) is 57.3 Å². The molecule has 0 amide bonds. The van der Waals surface area contributed by atoms with Gasteiger partial charge in [0.15, 0.2) is 10.1 Å². The second-order valence-corrected chi connectivity index (χ2v) is 8.80. The van der Waals surface area contributed by atoms with Gasteiger partial charge in [-0.15, -0.1) is 16.4 Å². The Morgan fingerprint density at radius 2 is 2.00 bits per heavy atom. The number of hydrogen-bond acceptors (Lipinski definition) is 6. The lowest BCUT2D eigenvalue weighted by Crippen LogP contribution is -2.22. The molecule has 0 aliphatic carbocycles. The molecule has 4 aromatic rings. The zero-order valence-corrected chi connectivity index (χ0v) is 16.8. The van der Waals surface area contributed by atoms with E-state index < -0.39 is 10.0 Å². The standard InChI is InChI=1S/C16H14ClN7O2S2/c1-9(21-22-15(18)19)11-8-24(12-5-3-2-4-10(11)12)28(25,26)14-13(17)20-16-23(14)6-7-27-16/h2-8H,1H3,(H4,18,19,22)/b21-9-. The van der Waals surface area contributed by atoms with Crippen LogP contribution >= 0.6 is 22.9 Å². The minimum absolute atomic E-state index is 0.0860. The first-order valence-electron chi connectivity index (χ1n) is 7.91. The Labute approximate surface area is 168 Å². The van der Waals surface area contributed by atoms with E-state index in [-0.39, 0.29) is 16.1 Å². The van der Waals surface area contributed by atoms with Crippen molar-refractivity contribution < 1.29 is 8.42 Å². The van der Waals surface area contributed by atoms with Crippen LogP contribution in [0.1, 0.15) is 12.5 Å². The lowest BCUT2D eigenvalue weighted by molar-refractivity contribution is 0.584. The number of benzene rings is 1. The van der Waals surface area contributed by atoms with E-state index in [9.17, 15) is 8.42 Å². The maximum absolute atomic E-state index is 13.5. The van der Waals surface area contributed by atoms with Crippen LogP contribution in [0.5, 0.6) is 0 Å². The first-order valence-corrected chi connectivity index (χ1v) is 10.6. The highest BCUT2D eigenvalue weighted by molar-refractivity contribution is 7.90. The Morgan fingerprint density at radius 1 is 1.25 bits per heavy atom. The Kier molecular flexibility index (Phi) is 4.37. The van der Waals surface area contributed by atoms with Crippen molar-refractivity contribution in [1.29, 1.82) is 0 Å². The summed E-state index contributed by atoms with van der Waals surface area (Å²) in [5, 5.41) is 9.84. The van der Waals surface area contributed by atoms with Crippen LogP contribution in [0.4, 0.5) is 0 Å². The maximum Gasteiger partial charge on any atom is 0.287 e. The fraction of sp³-hybridized carbons (Fsp3) is 0.0625. The first-order chi connectivity index (χ1) is 13.3. The van der Waals surface area contributed by atoms with E-state index >= 15 is 0 Å². The van der Waals surface area contributed by atoms with Crippen LogP contribution in [-0.4, -0.2) is 33.4 Å². The van der Waals surface area contributed by atoms with Gasteiger partial charge in [0.05, 0.1) is 11.2 Å².